The van der Waals surface area contributed by atoms with Crippen LogP contribution in [0, 0.1) is 0 Å². The summed E-state index contributed by atoms with van der Waals surface area (Å²) < 4.78 is 0. The standard InChI is InChI=1S/C12H13ClO2S.C11H11ClO2S.C5H7ClO2S/c1-9(14)16-7-6-10-2-4-11(5-3-10)12(15)8-13;1-8(13)15-7-9-2-4-10(5-3-9)11(14)6-12;1-4(7)9-3-5(8)2-6/h2-5H,6-8H2,1H3;2-5H,6-7H2,1H3;2-3H2,1H3. The van der Waals surface area contributed by atoms with Crippen LogP contribution in [0.15, 0.2) is 48.5 Å². The Morgan fingerprint density at radius 2 is 1.00 bits per heavy atom. The van der Waals surface area contributed by atoms with E-state index in [4.69, 9.17) is 34.8 Å². The van der Waals surface area contributed by atoms with E-state index in [1.165, 1.54) is 37.4 Å². The molecule has 0 spiro atoms. The first-order valence-corrected chi connectivity index (χ1v) is 16.3. The first-order valence-electron chi connectivity index (χ1n) is 11.8. The third-order valence-electron chi connectivity index (χ3n) is 4.52. The molecule has 0 unspecified atom stereocenters. The van der Waals surface area contributed by atoms with Gasteiger partial charge >= 0.3 is 0 Å². The highest BCUT2D eigenvalue weighted by Gasteiger charge is 2.05. The maximum absolute atomic E-state index is 11.2. The first-order chi connectivity index (χ1) is 18.9. The molecule has 2 aromatic carbocycles. The summed E-state index contributed by atoms with van der Waals surface area (Å²) in [6.07, 6.45) is 0.833. The van der Waals surface area contributed by atoms with Gasteiger partial charge in [-0.3, -0.25) is 28.8 Å². The van der Waals surface area contributed by atoms with Crippen molar-refractivity contribution in [1.82, 2.24) is 0 Å². The molecule has 0 saturated heterocycles. The number of carbonyl (C=O) groups excluding carboxylic acids is 6. The number of Topliss-reactive ketones (excluding diaryl/α,β-unsaturated/α-hetero) is 3. The second kappa shape index (κ2) is 23.0. The molecule has 6 nitrogen and oxygen atoms in total. The molecule has 0 amide bonds. The van der Waals surface area contributed by atoms with Crippen molar-refractivity contribution in [2.24, 2.45) is 0 Å². The smallest absolute Gasteiger partial charge is 0.186 e. The topological polar surface area (TPSA) is 102 Å². The molecule has 2 aromatic rings. The number of hydrogen-bond donors (Lipinski definition) is 0. The van der Waals surface area contributed by atoms with Crippen molar-refractivity contribution in [3.63, 3.8) is 0 Å². The van der Waals surface area contributed by atoms with Gasteiger partial charge in [-0.1, -0.05) is 83.8 Å². The molecule has 0 aliphatic carbocycles. The van der Waals surface area contributed by atoms with E-state index in [0.717, 1.165) is 35.1 Å². The molecule has 0 atom stereocenters. The van der Waals surface area contributed by atoms with Gasteiger partial charge in [0, 0.05) is 43.4 Å². The van der Waals surface area contributed by atoms with E-state index in [9.17, 15) is 28.8 Å². The lowest BCUT2D eigenvalue weighted by atomic mass is 10.1. The fraction of sp³-hybridized carbons (Fsp3) is 0.357. The fourth-order valence-electron chi connectivity index (χ4n) is 2.52. The molecule has 0 N–H and O–H groups in total. The normalized spacial score (nSPS) is 9.85. The molecule has 0 radical (unpaired) electrons. The quantitative estimate of drug-likeness (QED) is 0.177. The Morgan fingerprint density at radius 3 is 1.38 bits per heavy atom. The molecule has 0 saturated carbocycles. The van der Waals surface area contributed by atoms with Crippen LogP contribution >= 0.6 is 70.1 Å². The van der Waals surface area contributed by atoms with Crippen LogP contribution in [0.1, 0.15) is 52.6 Å². The van der Waals surface area contributed by atoms with E-state index in [2.05, 4.69) is 0 Å². The molecular formula is C28H31Cl3O6S3. The van der Waals surface area contributed by atoms with Gasteiger partial charge in [0.25, 0.3) is 0 Å². The Morgan fingerprint density at radius 1 is 0.575 bits per heavy atom. The Balaban J connectivity index is 0.000000595. The van der Waals surface area contributed by atoms with Gasteiger partial charge in [0.1, 0.15) is 0 Å². The molecule has 218 valence electrons. The van der Waals surface area contributed by atoms with Crippen molar-refractivity contribution >= 4 is 103 Å². The van der Waals surface area contributed by atoms with Crippen molar-refractivity contribution in [3.8, 4) is 0 Å². The van der Waals surface area contributed by atoms with Crippen LogP contribution in [0.4, 0.5) is 0 Å². The van der Waals surface area contributed by atoms with Crippen LogP contribution in [0.5, 0.6) is 0 Å². The van der Waals surface area contributed by atoms with Crippen molar-refractivity contribution in [3.05, 3.63) is 70.8 Å². The van der Waals surface area contributed by atoms with Gasteiger partial charge in [0.05, 0.1) is 23.4 Å². The lowest BCUT2D eigenvalue weighted by Gasteiger charge is -2.01. The van der Waals surface area contributed by atoms with Gasteiger partial charge in [-0.25, -0.2) is 0 Å². The lowest BCUT2D eigenvalue weighted by molar-refractivity contribution is -0.115. The zero-order valence-electron chi connectivity index (χ0n) is 22.4. The highest BCUT2D eigenvalue weighted by atomic mass is 35.5. The van der Waals surface area contributed by atoms with E-state index in [1.807, 2.05) is 24.3 Å². The minimum Gasteiger partial charge on any atom is -0.297 e. The molecule has 12 heteroatoms. The second-order valence-electron chi connectivity index (χ2n) is 7.83. The molecule has 0 heterocycles. The van der Waals surface area contributed by atoms with Crippen LogP contribution < -0.4 is 0 Å². The van der Waals surface area contributed by atoms with E-state index < -0.39 is 0 Å². The van der Waals surface area contributed by atoms with Crippen LogP contribution in [-0.2, 0) is 31.4 Å². The molecule has 0 aliphatic heterocycles. The Kier molecular flexibility index (Phi) is 22.1. The molecule has 2 rings (SSSR count). The summed E-state index contributed by atoms with van der Waals surface area (Å²) in [6.45, 7) is 4.52. The number of alkyl halides is 3. The Bertz CT molecular complexity index is 1120. The van der Waals surface area contributed by atoms with Gasteiger partial charge in [-0.2, -0.15) is 0 Å². The summed E-state index contributed by atoms with van der Waals surface area (Å²) in [7, 11) is 0. The van der Waals surface area contributed by atoms with E-state index >= 15 is 0 Å². The number of benzene rings is 2. The van der Waals surface area contributed by atoms with E-state index in [0.29, 0.717) is 16.9 Å². The number of carbonyl (C=O) groups is 6. The van der Waals surface area contributed by atoms with Crippen molar-refractivity contribution in [1.29, 1.82) is 0 Å². The van der Waals surface area contributed by atoms with E-state index in [-0.39, 0.29) is 56.1 Å². The maximum Gasteiger partial charge on any atom is 0.186 e. The van der Waals surface area contributed by atoms with Crippen molar-refractivity contribution in [2.45, 2.75) is 32.9 Å². The Hall–Kier alpha value is -1.62. The maximum atomic E-state index is 11.2. The minimum atomic E-state index is -0.100. The average molecular weight is 666 g/mol. The van der Waals surface area contributed by atoms with Crippen LogP contribution in [0.2, 0.25) is 0 Å². The lowest BCUT2D eigenvalue weighted by Crippen LogP contribution is -2.03. The number of ketones is 3. The van der Waals surface area contributed by atoms with Gasteiger partial charge < -0.3 is 0 Å². The summed E-state index contributed by atoms with van der Waals surface area (Å²) in [6, 6.07) is 14.5. The summed E-state index contributed by atoms with van der Waals surface area (Å²) >= 11 is 19.6. The summed E-state index contributed by atoms with van der Waals surface area (Å²) in [5, 5.41) is 0.179. The molecular weight excluding hydrogens is 635 g/mol. The first kappa shape index (κ1) is 38.4. The van der Waals surface area contributed by atoms with Gasteiger partial charge in [-0.15, -0.1) is 34.8 Å². The predicted molar refractivity (Wildman–Crippen MR) is 171 cm³/mol. The number of rotatable bonds is 12. The van der Waals surface area contributed by atoms with Crippen molar-refractivity contribution < 1.29 is 28.8 Å². The number of thioether (sulfide) groups is 3. The zero-order valence-corrected chi connectivity index (χ0v) is 27.1. The number of halogens is 3. The Labute approximate surface area is 263 Å². The highest BCUT2D eigenvalue weighted by Crippen LogP contribution is 2.14. The molecule has 0 aromatic heterocycles. The van der Waals surface area contributed by atoms with E-state index in [1.54, 1.807) is 31.2 Å². The van der Waals surface area contributed by atoms with Crippen LogP contribution in [-0.4, -0.2) is 61.8 Å². The molecule has 0 bridgehead atoms. The average Bonchev–Trinajstić information content (AvgIpc) is 2.95. The zero-order chi connectivity index (χ0) is 30.5. The second-order valence-corrected chi connectivity index (χ2v) is 12.2. The number of hydrogen-bond acceptors (Lipinski definition) is 9. The third kappa shape index (κ3) is 19.5. The largest absolute Gasteiger partial charge is 0.297 e. The number of aryl methyl sites for hydroxylation is 1. The molecule has 0 fully saturated rings. The van der Waals surface area contributed by atoms with Crippen molar-refractivity contribution in [2.75, 3.05) is 29.1 Å². The highest BCUT2D eigenvalue weighted by molar-refractivity contribution is 8.14. The summed E-state index contributed by atoms with van der Waals surface area (Å²) in [5.74, 6) is 1.40. The molecule has 40 heavy (non-hydrogen) atoms. The predicted octanol–water partition coefficient (Wildman–Crippen LogP) is 6.89. The summed E-state index contributed by atoms with van der Waals surface area (Å²) in [4.78, 5) is 64.5. The SMILES string of the molecule is CC(=O)SCC(=O)CCl.CC(=O)SCCc1ccc(C(=O)CCl)cc1.CC(=O)SCc1ccc(C(=O)CCl)cc1. The third-order valence-corrected chi connectivity index (χ3v) is 7.87. The fourth-order valence-corrected chi connectivity index (χ4v) is 4.69. The van der Waals surface area contributed by atoms with Gasteiger partial charge in [0.2, 0.25) is 0 Å². The minimum absolute atomic E-state index is 0.000278. The monoisotopic (exact) mass is 664 g/mol. The van der Waals surface area contributed by atoms with Gasteiger partial charge in [0.15, 0.2) is 32.7 Å². The van der Waals surface area contributed by atoms with Crippen LogP contribution in [0.25, 0.3) is 0 Å². The van der Waals surface area contributed by atoms with Crippen LogP contribution in [0.3, 0.4) is 0 Å². The molecule has 0 aliphatic rings. The van der Waals surface area contributed by atoms with Gasteiger partial charge in [-0.05, 0) is 17.5 Å². The summed E-state index contributed by atoms with van der Waals surface area (Å²) in [5.41, 5.74) is 3.40.